The lowest BCUT2D eigenvalue weighted by atomic mass is 9.97. The van der Waals surface area contributed by atoms with E-state index in [1.807, 2.05) is 24.3 Å². The molecule has 0 spiro atoms. The normalized spacial score (nSPS) is 12.6. The molecule has 1 aliphatic rings. The average Bonchev–Trinajstić information content (AvgIpc) is 2.35. The molecule has 0 amide bonds. The fourth-order valence-electron chi connectivity index (χ4n) is 2.08. The van der Waals surface area contributed by atoms with Gasteiger partial charge in [0.15, 0.2) is 10.8 Å². The van der Waals surface area contributed by atoms with E-state index in [1.165, 1.54) is 0 Å². The molecule has 0 fully saturated rings. The van der Waals surface area contributed by atoms with Gasteiger partial charge in [-0.3, -0.25) is 0 Å². The Bertz CT molecular complexity index is 658. The molecule has 3 rings (SSSR count). The van der Waals surface area contributed by atoms with E-state index in [9.17, 15) is 4.79 Å². The monoisotopic (exact) mass is 248 g/mol. The van der Waals surface area contributed by atoms with E-state index >= 15 is 0 Å². The summed E-state index contributed by atoms with van der Waals surface area (Å²) in [4.78, 5) is 11.4. The molecule has 0 N–H and O–H groups in total. The topological polar surface area (TPSA) is 39.4 Å². The van der Waals surface area contributed by atoms with Crippen LogP contribution in [0.3, 0.4) is 0 Å². The zero-order chi connectivity index (χ0) is 12.0. The molecule has 0 saturated carbocycles. The summed E-state index contributed by atoms with van der Waals surface area (Å²) in [7, 11) is 0. The summed E-state index contributed by atoms with van der Waals surface area (Å²) < 4.78 is 10.6. The number of hydrogen-bond donors (Lipinski definition) is 0. The molecule has 1 aromatic carbocycles. The molecule has 2 aromatic rings. The van der Waals surface area contributed by atoms with Gasteiger partial charge in [0.1, 0.15) is 12.4 Å². The summed E-state index contributed by atoms with van der Waals surface area (Å²) in [6.45, 7) is 2.16. The molecule has 0 aliphatic carbocycles. The first-order valence-corrected chi connectivity index (χ1v) is 5.60. The number of halogens is 1. The van der Waals surface area contributed by atoms with Gasteiger partial charge in [-0.05, 0) is 18.1 Å². The first-order valence-electron chi connectivity index (χ1n) is 5.23. The number of aryl methyl sites for hydroxylation is 1. The standard InChI is InChI=1S/C13H9ClO3/c1-7-10-9-5-3-2-4-8(9)6-16-12(10)11(14)13(15)17-7/h2-5H,6H2,1H3. The van der Waals surface area contributed by atoms with Gasteiger partial charge in [0.2, 0.25) is 0 Å². The van der Waals surface area contributed by atoms with Crippen molar-refractivity contribution < 1.29 is 9.15 Å². The Labute approximate surface area is 103 Å². The Balaban J connectivity index is 2.40. The van der Waals surface area contributed by atoms with Crippen LogP contribution in [0.4, 0.5) is 0 Å². The van der Waals surface area contributed by atoms with Gasteiger partial charge in [0.05, 0.1) is 5.56 Å². The van der Waals surface area contributed by atoms with E-state index in [0.29, 0.717) is 18.1 Å². The van der Waals surface area contributed by atoms with Gasteiger partial charge in [-0.2, -0.15) is 0 Å². The molecule has 86 valence electrons. The number of benzene rings is 1. The lowest BCUT2D eigenvalue weighted by molar-refractivity contribution is 0.296. The Hall–Kier alpha value is -1.74. The molecule has 2 heterocycles. The minimum absolute atomic E-state index is 0.0140. The van der Waals surface area contributed by atoms with Gasteiger partial charge in [-0.1, -0.05) is 35.9 Å². The smallest absolute Gasteiger partial charge is 0.358 e. The second-order valence-electron chi connectivity index (χ2n) is 3.91. The predicted octanol–water partition coefficient (Wildman–Crippen LogP) is 3.16. The van der Waals surface area contributed by atoms with Gasteiger partial charge < -0.3 is 9.15 Å². The van der Waals surface area contributed by atoms with Crippen molar-refractivity contribution in [3.05, 3.63) is 51.0 Å². The Morgan fingerprint density at radius 1 is 1.29 bits per heavy atom. The average molecular weight is 249 g/mol. The maximum absolute atomic E-state index is 11.4. The summed E-state index contributed by atoms with van der Waals surface area (Å²) in [5, 5.41) is 0.0140. The molecule has 17 heavy (non-hydrogen) atoms. The molecule has 0 atom stereocenters. The van der Waals surface area contributed by atoms with Crippen molar-refractivity contribution in [1.82, 2.24) is 0 Å². The Morgan fingerprint density at radius 3 is 2.88 bits per heavy atom. The minimum atomic E-state index is -0.553. The van der Waals surface area contributed by atoms with Crippen LogP contribution in [0.15, 0.2) is 33.5 Å². The fourth-order valence-corrected chi connectivity index (χ4v) is 2.27. The van der Waals surface area contributed by atoms with Crippen molar-refractivity contribution in [1.29, 1.82) is 0 Å². The van der Waals surface area contributed by atoms with Crippen LogP contribution in [0.5, 0.6) is 5.75 Å². The van der Waals surface area contributed by atoms with Crippen LogP contribution in [-0.2, 0) is 6.61 Å². The van der Waals surface area contributed by atoms with Crippen LogP contribution in [0.2, 0.25) is 5.02 Å². The van der Waals surface area contributed by atoms with E-state index in [1.54, 1.807) is 6.92 Å². The maximum atomic E-state index is 11.4. The summed E-state index contributed by atoms with van der Waals surface area (Å²) in [5.41, 5.74) is 2.30. The number of rotatable bonds is 0. The third-order valence-electron chi connectivity index (χ3n) is 2.86. The molecule has 0 radical (unpaired) electrons. The molecular formula is C13H9ClO3. The molecule has 1 aliphatic heterocycles. The van der Waals surface area contributed by atoms with Gasteiger partial charge in [-0.25, -0.2) is 4.79 Å². The SMILES string of the molecule is Cc1oc(=O)c(Cl)c2c1-c1ccccc1CO2. The number of ether oxygens (including phenoxy) is 1. The van der Waals surface area contributed by atoms with Crippen LogP contribution in [0, 0.1) is 6.92 Å². The largest absolute Gasteiger partial charge is 0.486 e. The van der Waals surface area contributed by atoms with Crippen molar-refractivity contribution in [2.24, 2.45) is 0 Å². The summed E-state index contributed by atoms with van der Waals surface area (Å²) in [5.74, 6) is 0.959. The van der Waals surface area contributed by atoms with E-state index in [4.69, 9.17) is 20.8 Å². The van der Waals surface area contributed by atoms with Crippen molar-refractivity contribution in [2.45, 2.75) is 13.5 Å². The van der Waals surface area contributed by atoms with Crippen LogP contribution in [0.1, 0.15) is 11.3 Å². The second kappa shape index (κ2) is 3.64. The van der Waals surface area contributed by atoms with Gasteiger partial charge in [-0.15, -0.1) is 0 Å². The summed E-state index contributed by atoms with van der Waals surface area (Å²) in [6, 6.07) is 7.84. The summed E-state index contributed by atoms with van der Waals surface area (Å²) >= 11 is 5.92. The van der Waals surface area contributed by atoms with Crippen LogP contribution in [0.25, 0.3) is 11.1 Å². The third kappa shape index (κ3) is 1.46. The Morgan fingerprint density at radius 2 is 2.06 bits per heavy atom. The first kappa shape index (κ1) is 10.4. The van der Waals surface area contributed by atoms with Crippen LogP contribution < -0.4 is 10.4 Å². The van der Waals surface area contributed by atoms with Crippen LogP contribution in [-0.4, -0.2) is 0 Å². The molecule has 0 bridgehead atoms. The highest BCUT2D eigenvalue weighted by molar-refractivity contribution is 6.32. The molecule has 4 heteroatoms. The van der Waals surface area contributed by atoms with Gasteiger partial charge >= 0.3 is 5.63 Å². The minimum Gasteiger partial charge on any atom is -0.486 e. The third-order valence-corrected chi connectivity index (χ3v) is 3.19. The maximum Gasteiger partial charge on any atom is 0.358 e. The molecular weight excluding hydrogens is 240 g/mol. The molecule has 3 nitrogen and oxygen atoms in total. The highest BCUT2D eigenvalue weighted by atomic mass is 35.5. The van der Waals surface area contributed by atoms with Crippen molar-refractivity contribution >= 4 is 11.6 Å². The van der Waals surface area contributed by atoms with Crippen molar-refractivity contribution in [2.75, 3.05) is 0 Å². The zero-order valence-electron chi connectivity index (χ0n) is 9.12. The van der Waals surface area contributed by atoms with Gasteiger partial charge in [0, 0.05) is 0 Å². The van der Waals surface area contributed by atoms with E-state index in [0.717, 1.165) is 16.7 Å². The molecule has 0 unspecified atom stereocenters. The van der Waals surface area contributed by atoms with Crippen molar-refractivity contribution in [3.8, 4) is 16.9 Å². The van der Waals surface area contributed by atoms with Crippen LogP contribution >= 0.6 is 11.6 Å². The highest BCUT2D eigenvalue weighted by Crippen LogP contribution is 2.42. The van der Waals surface area contributed by atoms with E-state index in [-0.39, 0.29) is 5.02 Å². The Kier molecular flexibility index (Phi) is 2.23. The second-order valence-corrected chi connectivity index (χ2v) is 4.29. The molecule has 0 saturated heterocycles. The quantitative estimate of drug-likeness (QED) is 0.719. The number of hydrogen-bond acceptors (Lipinski definition) is 3. The highest BCUT2D eigenvalue weighted by Gasteiger charge is 2.24. The first-order chi connectivity index (χ1) is 8.18. The summed E-state index contributed by atoms with van der Waals surface area (Å²) in [6.07, 6.45) is 0. The lowest BCUT2D eigenvalue weighted by Gasteiger charge is -2.21. The van der Waals surface area contributed by atoms with E-state index in [2.05, 4.69) is 0 Å². The fraction of sp³-hybridized carbons (Fsp3) is 0.154. The number of fused-ring (bicyclic) bond motifs is 3. The van der Waals surface area contributed by atoms with Gasteiger partial charge in [0.25, 0.3) is 0 Å². The lowest BCUT2D eigenvalue weighted by Crippen LogP contribution is -2.12. The van der Waals surface area contributed by atoms with Crippen molar-refractivity contribution in [3.63, 3.8) is 0 Å². The predicted molar refractivity (Wildman–Crippen MR) is 64.5 cm³/mol. The molecule has 1 aromatic heterocycles. The zero-order valence-corrected chi connectivity index (χ0v) is 9.88. The van der Waals surface area contributed by atoms with E-state index < -0.39 is 5.63 Å².